The number of nitrogens with two attached hydrogens (primary N) is 1. The summed E-state index contributed by atoms with van der Waals surface area (Å²) in [5.41, 5.74) is 6.70. The standard InChI is InChI=1S/C13H26N2O/c1-12(2)5-6-15(9-12)10-13(8-14)4-3-7-16-11-13/h3-11,14H2,1-2H3. The quantitative estimate of drug-likeness (QED) is 0.792. The molecule has 0 aliphatic carbocycles. The molecular formula is C13H26N2O. The monoisotopic (exact) mass is 226 g/mol. The third kappa shape index (κ3) is 2.76. The fraction of sp³-hybridized carbons (Fsp3) is 1.00. The Bertz CT molecular complexity index is 234. The minimum absolute atomic E-state index is 0.235. The van der Waals surface area contributed by atoms with Gasteiger partial charge in [0.1, 0.15) is 0 Å². The smallest absolute Gasteiger partial charge is 0.0546 e. The molecule has 94 valence electrons. The third-order valence-corrected chi connectivity index (χ3v) is 4.15. The van der Waals surface area contributed by atoms with Gasteiger partial charge in [0, 0.05) is 31.7 Å². The van der Waals surface area contributed by atoms with Crippen molar-refractivity contribution in [1.29, 1.82) is 0 Å². The first kappa shape index (κ1) is 12.3. The van der Waals surface area contributed by atoms with Gasteiger partial charge in [-0.15, -0.1) is 0 Å². The van der Waals surface area contributed by atoms with E-state index in [1.165, 1.54) is 32.4 Å². The molecule has 1 unspecified atom stereocenters. The zero-order valence-corrected chi connectivity index (χ0v) is 10.8. The van der Waals surface area contributed by atoms with Crippen LogP contribution >= 0.6 is 0 Å². The molecule has 0 spiro atoms. The van der Waals surface area contributed by atoms with Gasteiger partial charge in [-0.3, -0.25) is 0 Å². The van der Waals surface area contributed by atoms with Gasteiger partial charge in [-0.05, 0) is 31.2 Å². The van der Waals surface area contributed by atoms with Gasteiger partial charge in [0.05, 0.1) is 6.61 Å². The van der Waals surface area contributed by atoms with Gasteiger partial charge in [0.25, 0.3) is 0 Å². The largest absolute Gasteiger partial charge is 0.381 e. The lowest BCUT2D eigenvalue weighted by atomic mass is 9.82. The number of hydrogen-bond donors (Lipinski definition) is 1. The van der Waals surface area contributed by atoms with Gasteiger partial charge in [-0.25, -0.2) is 0 Å². The summed E-state index contributed by atoms with van der Waals surface area (Å²) in [6.07, 6.45) is 3.73. The molecule has 1 atom stereocenters. The van der Waals surface area contributed by atoms with Crippen LogP contribution in [0.3, 0.4) is 0 Å². The molecule has 0 radical (unpaired) electrons. The summed E-state index contributed by atoms with van der Waals surface area (Å²) >= 11 is 0. The number of ether oxygens (including phenoxy) is 1. The number of hydrogen-bond acceptors (Lipinski definition) is 3. The van der Waals surface area contributed by atoms with Crippen molar-refractivity contribution in [2.45, 2.75) is 33.1 Å². The molecule has 2 heterocycles. The topological polar surface area (TPSA) is 38.5 Å². The molecule has 0 aromatic heterocycles. The third-order valence-electron chi connectivity index (χ3n) is 4.15. The predicted octanol–water partition coefficient (Wildman–Crippen LogP) is 1.47. The molecule has 16 heavy (non-hydrogen) atoms. The SMILES string of the molecule is CC1(C)CCN(CC2(CN)CCCOC2)C1. The molecule has 0 amide bonds. The van der Waals surface area contributed by atoms with Crippen LogP contribution in [0.25, 0.3) is 0 Å². The Morgan fingerprint density at radius 2 is 2.12 bits per heavy atom. The second-order valence-electron chi connectivity index (χ2n) is 6.49. The van der Waals surface area contributed by atoms with E-state index in [-0.39, 0.29) is 5.41 Å². The number of rotatable bonds is 3. The van der Waals surface area contributed by atoms with Crippen LogP contribution < -0.4 is 5.73 Å². The average molecular weight is 226 g/mol. The maximum absolute atomic E-state index is 5.98. The van der Waals surface area contributed by atoms with Gasteiger partial charge < -0.3 is 15.4 Å². The van der Waals surface area contributed by atoms with E-state index in [2.05, 4.69) is 18.7 Å². The van der Waals surface area contributed by atoms with Crippen molar-refractivity contribution < 1.29 is 4.74 Å². The minimum atomic E-state index is 0.235. The predicted molar refractivity (Wildman–Crippen MR) is 66.4 cm³/mol. The molecule has 3 heteroatoms. The lowest BCUT2D eigenvalue weighted by molar-refractivity contribution is -0.0196. The Balaban J connectivity index is 1.91. The first-order valence-corrected chi connectivity index (χ1v) is 6.56. The molecule has 2 fully saturated rings. The van der Waals surface area contributed by atoms with Crippen LogP contribution in [0, 0.1) is 10.8 Å². The van der Waals surface area contributed by atoms with E-state index in [0.29, 0.717) is 5.41 Å². The van der Waals surface area contributed by atoms with E-state index >= 15 is 0 Å². The van der Waals surface area contributed by atoms with Crippen molar-refractivity contribution in [2.75, 3.05) is 39.4 Å². The van der Waals surface area contributed by atoms with Crippen LogP contribution in [-0.4, -0.2) is 44.3 Å². The first-order valence-electron chi connectivity index (χ1n) is 6.56. The van der Waals surface area contributed by atoms with Crippen molar-refractivity contribution in [3.05, 3.63) is 0 Å². The summed E-state index contributed by atoms with van der Waals surface area (Å²) in [6, 6.07) is 0. The van der Waals surface area contributed by atoms with Crippen LogP contribution in [0.4, 0.5) is 0 Å². The van der Waals surface area contributed by atoms with Crippen molar-refractivity contribution in [3.8, 4) is 0 Å². The molecular weight excluding hydrogens is 200 g/mol. The summed E-state index contributed by atoms with van der Waals surface area (Å²) in [4.78, 5) is 2.58. The molecule has 3 nitrogen and oxygen atoms in total. The number of nitrogens with zero attached hydrogens (tertiary/aromatic N) is 1. The normalized spacial score (nSPS) is 35.4. The second-order valence-corrected chi connectivity index (χ2v) is 6.49. The van der Waals surface area contributed by atoms with Crippen LogP contribution in [0.15, 0.2) is 0 Å². The highest BCUT2D eigenvalue weighted by atomic mass is 16.5. The van der Waals surface area contributed by atoms with E-state index in [1.807, 2.05) is 0 Å². The lowest BCUT2D eigenvalue weighted by Crippen LogP contribution is -2.47. The molecule has 2 saturated heterocycles. The van der Waals surface area contributed by atoms with Gasteiger partial charge in [-0.2, -0.15) is 0 Å². The summed E-state index contributed by atoms with van der Waals surface area (Å²) in [7, 11) is 0. The molecule has 2 aliphatic heterocycles. The Labute approximate surface area is 99.3 Å². The molecule has 2 rings (SSSR count). The maximum atomic E-state index is 5.98. The Morgan fingerprint density at radius 3 is 2.62 bits per heavy atom. The number of likely N-dealkylation sites (tertiary alicyclic amines) is 1. The fourth-order valence-corrected chi connectivity index (χ4v) is 3.09. The summed E-state index contributed by atoms with van der Waals surface area (Å²) < 4.78 is 5.63. The molecule has 0 bridgehead atoms. The first-order chi connectivity index (χ1) is 7.55. The van der Waals surface area contributed by atoms with E-state index in [0.717, 1.165) is 26.3 Å². The van der Waals surface area contributed by atoms with Crippen molar-refractivity contribution in [1.82, 2.24) is 4.90 Å². The molecule has 2 aliphatic rings. The van der Waals surface area contributed by atoms with Crippen LogP contribution in [0.5, 0.6) is 0 Å². The lowest BCUT2D eigenvalue weighted by Gasteiger charge is -2.39. The molecule has 0 aromatic rings. The van der Waals surface area contributed by atoms with Crippen LogP contribution in [-0.2, 0) is 4.74 Å². The van der Waals surface area contributed by atoms with Crippen LogP contribution in [0.2, 0.25) is 0 Å². The van der Waals surface area contributed by atoms with Gasteiger partial charge in [0.15, 0.2) is 0 Å². The van der Waals surface area contributed by atoms with Crippen molar-refractivity contribution >= 4 is 0 Å². The fourth-order valence-electron chi connectivity index (χ4n) is 3.09. The Morgan fingerprint density at radius 1 is 1.31 bits per heavy atom. The highest BCUT2D eigenvalue weighted by Gasteiger charge is 2.37. The van der Waals surface area contributed by atoms with Crippen molar-refractivity contribution in [2.24, 2.45) is 16.6 Å². The van der Waals surface area contributed by atoms with Crippen LogP contribution in [0.1, 0.15) is 33.1 Å². The van der Waals surface area contributed by atoms with E-state index in [4.69, 9.17) is 10.5 Å². The highest BCUT2D eigenvalue weighted by Crippen LogP contribution is 2.34. The molecule has 2 N–H and O–H groups in total. The second kappa shape index (κ2) is 4.63. The summed E-state index contributed by atoms with van der Waals surface area (Å²) in [6.45, 7) is 10.9. The van der Waals surface area contributed by atoms with E-state index in [1.54, 1.807) is 0 Å². The van der Waals surface area contributed by atoms with Gasteiger partial charge in [-0.1, -0.05) is 13.8 Å². The highest BCUT2D eigenvalue weighted by molar-refractivity contribution is 4.90. The Hall–Kier alpha value is -0.120. The summed E-state index contributed by atoms with van der Waals surface area (Å²) in [5.74, 6) is 0. The van der Waals surface area contributed by atoms with Crippen molar-refractivity contribution in [3.63, 3.8) is 0 Å². The maximum Gasteiger partial charge on any atom is 0.0546 e. The minimum Gasteiger partial charge on any atom is -0.381 e. The zero-order chi connectivity index (χ0) is 11.6. The average Bonchev–Trinajstić information content (AvgIpc) is 2.59. The summed E-state index contributed by atoms with van der Waals surface area (Å²) in [5, 5.41) is 0. The van der Waals surface area contributed by atoms with E-state index in [9.17, 15) is 0 Å². The van der Waals surface area contributed by atoms with Gasteiger partial charge >= 0.3 is 0 Å². The molecule has 0 aromatic carbocycles. The zero-order valence-electron chi connectivity index (χ0n) is 10.8. The Kier molecular flexibility index (Phi) is 3.57. The molecule has 0 saturated carbocycles. The van der Waals surface area contributed by atoms with E-state index < -0.39 is 0 Å². The van der Waals surface area contributed by atoms with Gasteiger partial charge in [0.2, 0.25) is 0 Å².